The molecule has 0 radical (unpaired) electrons. The number of nitrogens with one attached hydrogen (secondary N) is 1. The zero-order valence-electron chi connectivity index (χ0n) is 17.3. The number of ketones is 1. The van der Waals surface area contributed by atoms with Crippen molar-refractivity contribution in [3.63, 3.8) is 0 Å². The molecule has 0 aliphatic carbocycles. The van der Waals surface area contributed by atoms with E-state index in [0.29, 0.717) is 36.8 Å². The van der Waals surface area contributed by atoms with Gasteiger partial charge in [-0.05, 0) is 50.8 Å². The number of carboxylic acids is 1. The predicted octanol–water partition coefficient (Wildman–Crippen LogP) is 0.672. The first-order chi connectivity index (χ1) is 14.6. The van der Waals surface area contributed by atoms with Crippen LogP contribution in [0.3, 0.4) is 0 Å². The van der Waals surface area contributed by atoms with E-state index < -0.39 is 29.6 Å². The Labute approximate surface area is 178 Å². The smallest absolute Gasteiger partial charge is 0.359 e. The molecule has 0 unspecified atom stereocenters. The van der Waals surface area contributed by atoms with Crippen LogP contribution in [0.15, 0.2) is 27.4 Å². The summed E-state index contributed by atoms with van der Waals surface area (Å²) in [6, 6.07) is 2.71. The minimum atomic E-state index is -1.06. The average molecular weight is 432 g/mol. The number of unbranched alkanes of at least 4 members (excludes halogenated alkanes) is 1. The number of rotatable bonds is 11. The predicted molar refractivity (Wildman–Crippen MR) is 116 cm³/mol. The topological polar surface area (TPSA) is 192 Å². The summed E-state index contributed by atoms with van der Waals surface area (Å²) >= 11 is 0. The van der Waals surface area contributed by atoms with Crippen molar-refractivity contribution >= 4 is 34.3 Å². The number of amides is 1. The first-order valence-corrected chi connectivity index (χ1v) is 10.0. The van der Waals surface area contributed by atoms with Crippen LogP contribution in [-0.2, 0) is 9.59 Å². The van der Waals surface area contributed by atoms with E-state index in [4.69, 9.17) is 26.7 Å². The van der Waals surface area contributed by atoms with Crippen LogP contribution in [0.2, 0.25) is 0 Å². The molecule has 0 aliphatic rings. The van der Waals surface area contributed by atoms with E-state index in [1.54, 1.807) is 19.1 Å². The van der Waals surface area contributed by atoms with Gasteiger partial charge in [-0.15, -0.1) is 0 Å². The highest BCUT2D eigenvalue weighted by atomic mass is 16.4. The largest absolute Gasteiger partial charge is 0.481 e. The summed E-state index contributed by atoms with van der Waals surface area (Å²) in [7, 11) is 0. The lowest BCUT2D eigenvalue weighted by Gasteiger charge is -2.20. The summed E-state index contributed by atoms with van der Waals surface area (Å²) in [5.74, 6) is -2.05. The Bertz CT molecular complexity index is 1030. The van der Waals surface area contributed by atoms with Crippen molar-refractivity contribution in [2.24, 2.45) is 11.5 Å². The van der Waals surface area contributed by atoms with Gasteiger partial charge in [0.15, 0.2) is 5.78 Å². The molecule has 2 aromatic rings. The maximum absolute atomic E-state index is 13.1. The summed E-state index contributed by atoms with van der Waals surface area (Å²) in [5.41, 5.74) is 17.3. The van der Waals surface area contributed by atoms with Crippen LogP contribution in [0.1, 0.15) is 48.0 Å². The van der Waals surface area contributed by atoms with E-state index in [9.17, 15) is 19.2 Å². The molecular formula is C21H28N4O6. The van der Waals surface area contributed by atoms with Gasteiger partial charge in [-0.3, -0.25) is 14.4 Å². The Morgan fingerprint density at radius 3 is 2.55 bits per heavy atom. The van der Waals surface area contributed by atoms with Crippen molar-refractivity contribution in [1.29, 1.82) is 0 Å². The van der Waals surface area contributed by atoms with Crippen LogP contribution < -0.4 is 28.1 Å². The van der Waals surface area contributed by atoms with Gasteiger partial charge in [0.2, 0.25) is 5.91 Å². The van der Waals surface area contributed by atoms with Crippen LogP contribution in [0.5, 0.6) is 0 Å². The van der Waals surface area contributed by atoms with Gasteiger partial charge in [-0.1, -0.05) is 12.1 Å². The number of nitrogen functional groups attached to an aromatic ring is 1. The molecule has 31 heavy (non-hydrogen) atoms. The molecule has 168 valence electrons. The van der Waals surface area contributed by atoms with Crippen LogP contribution in [0.4, 0.5) is 5.69 Å². The molecule has 0 saturated carbocycles. The molecule has 8 N–H and O–H groups in total. The van der Waals surface area contributed by atoms with E-state index >= 15 is 0 Å². The molecule has 1 heterocycles. The van der Waals surface area contributed by atoms with Crippen LogP contribution in [0.25, 0.3) is 11.0 Å². The van der Waals surface area contributed by atoms with E-state index in [0.717, 1.165) is 0 Å². The second-order valence-electron chi connectivity index (χ2n) is 7.39. The normalized spacial score (nSPS) is 13.0. The van der Waals surface area contributed by atoms with E-state index in [-0.39, 0.29) is 35.5 Å². The highest BCUT2D eigenvalue weighted by molar-refractivity contribution is 6.04. The number of Topliss-reactive ketones (excluding diaryl/α,β-unsaturated/α-hetero) is 1. The second-order valence-corrected chi connectivity index (χ2v) is 7.39. The summed E-state index contributed by atoms with van der Waals surface area (Å²) in [6.07, 6.45) is 1.28. The van der Waals surface area contributed by atoms with Gasteiger partial charge >= 0.3 is 11.6 Å². The molecule has 0 fully saturated rings. The molecule has 0 saturated heterocycles. The number of benzene rings is 1. The zero-order chi connectivity index (χ0) is 23.1. The summed E-state index contributed by atoms with van der Waals surface area (Å²) in [5, 5.41) is 12.0. The highest BCUT2D eigenvalue weighted by Gasteiger charge is 2.25. The van der Waals surface area contributed by atoms with E-state index in [2.05, 4.69) is 5.32 Å². The minimum absolute atomic E-state index is 0.00819. The fourth-order valence-corrected chi connectivity index (χ4v) is 3.17. The summed E-state index contributed by atoms with van der Waals surface area (Å²) in [6.45, 7) is 2.12. The average Bonchev–Trinajstić information content (AvgIpc) is 2.74. The highest BCUT2D eigenvalue weighted by Crippen LogP contribution is 2.23. The number of carbonyl (C=O) groups excluding carboxylic acids is 2. The Morgan fingerprint density at radius 2 is 1.90 bits per heavy atom. The second kappa shape index (κ2) is 10.7. The third-order valence-electron chi connectivity index (χ3n) is 5.08. The summed E-state index contributed by atoms with van der Waals surface area (Å²) < 4.78 is 5.20. The lowest BCUT2D eigenvalue weighted by atomic mass is 9.97. The molecule has 0 bridgehead atoms. The van der Waals surface area contributed by atoms with Crippen molar-refractivity contribution in [1.82, 2.24) is 5.32 Å². The SMILES string of the molecule is Cc1c(N)c(=O)oc2cc(C(=O)[C@H](CCCCN)NC(=O)[C@@H](N)CCC(=O)O)ccc12. The maximum Gasteiger partial charge on any atom is 0.359 e. The number of hydrogen-bond acceptors (Lipinski definition) is 8. The van der Waals surface area contributed by atoms with Crippen molar-refractivity contribution < 1.29 is 23.9 Å². The first kappa shape index (κ1) is 24.0. The molecular weight excluding hydrogens is 404 g/mol. The molecule has 0 spiro atoms. The summed E-state index contributed by atoms with van der Waals surface area (Å²) in [4.78, 5) is 48.1. The Balaban J connectivity index is 2.27. The number of carboxylic acid groups (broad SMARTS) is 1. The monoisotopic (exact) mass is 432 g/mol. The Morgan fingerprint density at radius 1 is 1.19 bits per heavy atom. The number of aryl methyl sites for hydroxylation is 1. The third-order valence-corrected chi connectivity index (χ3v) is 5.08. The molecule has 1 aromatic heterocycles. The third kappa shape index (κ3) is 6.12. The quantitative estimate of drug-likeness (QED) is 0.193. The molecule has 2 atom stereocenters. The van der Waals surface area contributed by atoms with E-state index in [1.165, 1.54) is 6.07 Å². The lowest BCUT2D eigenvalue weighted by molar-refractivity contribution is -0.137. The van der Waals surface area contributed by atoms with Gasteiger partial charge in [-0.25, -0.2) is 4.79 Å². The zero-order valence-corrected chi connectivity index (χ0v) is 17.3. The van der Waals surface area contributed by atoms with Gasteiger partial charge in [0.1, 0.15) is 11.3 Å². The van der Waals surface area contributed by atoms with Gasteiger partial charge < -0.3 is 32.0 Å². The van der Waals surface area contributed by atoms with Crippen LogP contribution >= 0.6 is 0 Å². The van der Waals surface area contributed by atoms with Crippen molar-refractivity contribution in [2.45, 2.75) is 51.1 Å². The van der Waals surface area contributed by atoms with E-state index in [1.807, 2.05) is 0 Å². The molecule has 2 rings (SSSR count). The van der Waals surface area contributed by atoms with Crippen LogP contribution in [0, 0.1) is 6.92 Å². The van der Waals surface area contributed by atoms with Gasteiger partial charge in [0.05, 0.1) is 12.1 Å². The standard InChI is InChI=1S/C21H28N4O6/c1-11-13-6-5-12(10-16(13)31-21(30)18(11)24)19(28)15(4-2-3-9-22)25-20(29)14(23)7-8-17(26)27/h5-6,10,14-15H,2-4,7-9,22-24H2,1H3,(H,25,29)(H,26,27)/t14-,15-/m0/s1. The number of fused-ring (bicyclic) bond motifs is 1. The number of aliphatic carboxylic acids is 1. The number of carbonyl (C=O) groups is 3. The number of nitrogens with two attached hydrogens (primary N) is 3. The fourth-order valence-electron chi connectivity index (χ4n) is 3.17. The maximum atomic E-state index is 13.1. The van der Waals surface area contributed by atoms with Gasteiger partial charge in [0.25, 0.3) is 0 Å². The minimum Gasteiger partial charge on any atom is -0.481 e. The molecule has 10 nitrogen and oxygen atoms in total. The fraction of sp³-hybridized carbons (Fsp3) is 0.429. The van der Waals surface area contributed by atoms with Crippen molar-refractivity contribution in [3.8, 4) is 0 Å². The lowest BCUT2D eigenvalue weighted by Crippen LogP contribution is -2.48. The number of hydrogen-bond donors (Lipinski definition) is 5. The van der Waals surface area contributed by atoms with Crippen LogP contribution in [-0.4, -0.2) is 41.4 Å². The Hall–Kier alpha value is -3.24. The van der Waals surface area contributed by atoms with Crippen molar-refractivity contribution in [2.75, 3.05) is 12.3 Å². The molecule has 1 aromatic carbocycles. The van der Waals surface area contributed by atoms with Crippen molar-refractivity contribution in [3.05, 3.63) is 39.7 Å². The van der Waals surface area contributed by atoms with Gasteiger partial charge in [-0.2, -0.15) is 0 Å². The first-order valence-electron chi connectivity index (χ1n) is 10.0. The molecule has 1 amide bonds. The number of anilines is 1. The Kier molecular flexibility index (Phi) is 8.29. The molecule has 0 aliphatic heterocycles. The molecule has 10 heteroatoms. The van der Waals surface area contributed by atoms with Gasteiger partial charge in [0, 0.05) is 17.4 Å².